The smallest absolute Gasteiger partial charge is 0.199 e. The number of hydrogen-bond donors (Lipinski definition) is 2. The summed E-state index contributed by atoms with van der Waals surface area (Å²) in [6.45, 7) is 1.67. The van der Waals surface area contributed by atoms with E-state index in [0.29, 0.717) is 12.6 Å². The van der Waals surface area contributed by atoms with Crippen LogP contribution in [-0.2, 0) is 6.61 Å². The van der Waals surface area contributed by atoms with Gasteiger partial charge in [0.05, 0.1) is 6.04 Å². The molecule has 1 aliphatic heterocycles. The van der Waals surface area contributed by atoms with Crippen molar-refractivity contribution in [3.05, 3.63) is 60.2 Å². The SMILES string of the molecule is N[C@H]1CCCC[C@@H]1N=C(Nc1ccc(OCc2ccccc2)cc1)N1CCCC2CCCCC21. The Kier molecular flexibility index (Phi) is 7.69. The molecule has 182 valence electrons. The molecule has 0 bridgehead atoms. The second-order valence-electron chi connectivity index (χ2n) is 10.3. The molecule has 1 heterocycles. The minimum absolute atomic E-state index is 0.172. The van der Waals surface area contributed by atoms with Gasteiger partial charge in [-0.15, -0.1) is 0 Å². The standard InChI is InChI=1S/C29H40N4O/c30-26-13-5-6-14-27(26)32-29(33-20-8-12-23-11-4-7-15-28(23)33)31-24-16-18-25(19-17-24)34-21-22-9-2-1-3-10-22/h1-3,9-10,16-19,23,26-28H,4-8,11-15,20-21,30H2,(H,31,32)/t23?,26-,27-,28?/m0/s1. The summed E-state index contributed by atoms with van der Waals surface area (Å²) in [5.41, 5.74) is 8.75. The van der Waals surface area contributed by atoms with Crippen molar-refractivity contribution in [3.63, 3.8) is 0 Å². The lowest BCUT2D eigenvalue weighted by Crippen LogP contribution is -2.52. The largest absolute Gasteiger partial charge is 0.489 e. The Balaban J connectivity index is 1.32. The maximum Gasteiger partial charge on any atom is 0.199 e. The lowest BCUT2D eigenvalue weighted by molar-refractivity contribution is 0.118. The third kappa shape index (κ3) is 5.75. The summed E-state index contributed by atoms with van der Waals surface area (Å²) in [5.74, 6) is 2.73. The predicted molar refractivity (Wildman–Crippen MR) is 140 cm³/mol. The highest BCUT2D eigenvalue weighted by atomic mass is 16.5. The van der Waals surface area contributed by atoms with E-state index in [9.17, 15) is 0 Å². The Hall–Kier alpha value is -2.53. The maximum absolute atomic E-state index is 6.51. The molecular weight excluding hydrogens is 420 g/mol. The topological polar surface area (TPSA) is 62.9 Å². The van der Waals surface area contributed by atoms with E-state index in [-0.39, 0.29) is 12.1 Å². The zero-order valence-electron chi connectivity index (χ0n) is 20.4. The van der Waals surface area contributed by atoms with Crippen molar-refractivity contribution in [2.45, 2.75) is 88.9 Å². The third-order valence-electron chi connectivity index (χ3n) is 7.94. The fourth-order valence-corrected chi connectivity index (χ4v) is 6.03. The molecule has 5 rings (SSSR count). The van der Waals surface area contributed by atoms with Crippen LogP contribution in [-0.4, -0.2) is 35.5 Å². The number of rotatable bonds is 5. The molecular formula is C29H40N4O. The molecule has 0 radical (unpaired) electrons. The number of nitrogens with zero attached hydrogens (tertiary/aromatic N) is 2. The fourth-order valence-electron chi connectivity index (χ4n) is 6.03. The van der Waals surface area contributed by atoms with Crippen LogP contribution in [0.1, 0.15) is 69.8 Å². The Morgan fingerprint density at radius 3 is 2.44 bits per heavy atom. The highest BCUT2D eigenvalue weighted by Gasteiger charge is 2.35. The van der Waals surface area contributed by atoms with Gasteiger partial charge in [0, 0.05) is 24.3 Å². The second kappa shape index (κ2) is 11.3. The second-order valence-corrected chi connectivity index (χ2v) is 10.3. The molecule has 3 aliphatic rings. The highest BCUT2D eigenvalue weighted by molar-refractivity contribution is 5.94. The molecule has 2 aromatic carbocycles. The Labute approximate surface area is 204 Å². The van der Waals surface area contributed by atoms with Gasteiger partial charge in [0.25, 0.3) is 0 Å². The summed E-state index contributed by atoms with van der Waals surface area (Å²) in [7, 11) is 0. The molecule has 3 N–H and O–H groups in total. The number of nitrogens with two attached hydrogens (primary N) is 1. The van der Waals surface area contributed by atoms with Gasteiger partial charge >= 0.3 is 0 Å². The molecule has 3 fully saturated rings. The minimum Gasteiger partial charge on any atom is -0.489 e. The molecule has 5 nitrogen and oxygen atoms in total. The normalized spacial score (nSPS) is 27.7. The van der Waals surface area contributed by atoms with Crippen LogP contribution in [0.3, 0.4) is 0 Å². The van der Waals surface area contributed by atoms with Crippen molar-refractivity contribution >= 4 is 11.6 Å². The van der Waals surface area contributed by atoms with Crippen molar-refractivity contribution in [1.29, 1.82) is 0 Å². The van der Waals surface area contributed by atoms with Gasteiger partial charge in [-0.2, -0.15) is 0 Å². The van der Waals surface area contributed by atoms with E-state index < -0.39 is 0 Å². The van der Waals surface area contributed by atoms with Gasteiger partial charge in [0.15, 0.2) is 5.96 Å². The molecule has 1 saturated heterocycles. The first-order valence-corrected chi connectivity index (χ1v) is 13.4. The van der Waals surface area contributed by atoms with Crippen LogP contribution < -0.4 is 15.8 Å². The van der Waals surface area contributed by atoms with E-state index >= 15 is 0 Å². The zero-order chi connectivity index (χ0) is 23.2. The van der Waals surface area contributed by atoms with Crippen LogP contribution in [0.2, 0.25) is 0 Å². The lowest BCUT2D eigenvalue weighted by atomic mass is 9.78. The molecule has 34 heavy (non-hydrogen) atoms. The molecule has 4 atom stereocenters. The van der Waals surface area contributed by atoms with Crippen molar-refractivity contribution in [3.8, 4) is 5.75 Å². The van der Waals surface area contributed by atoms with Crippen molar-refractivity contribution in [2.24, 2.45) is 16.6 Å². The third-order valence-corrected chi connectivity index (χ3v) is 7.94. The number of nitrogens with one attached hydrogen (secondary N) is 1. The quantitative estimate of drug-likeness (QED) is 0.427. The van der Waals surface area contributed by atoms with E-state index in [0.717, 1.165) is 42.7 Å². The zero-order valence-corrected chi connectivity index (χ0v) is 20.4. The molecule has 0 amide bonds. The number of guanidine groups is 1. The Morgan fingerprint density at radius 1 is 0.882 bits per heavy atom. The van der Waals surface area contributed by atoms with Crippen LogP contribution in [0.5, 0.6) is 5.75 Å². The monoisotopic (exact) mass is 460 g/mol. The van der Waals surface area contributed by atoms with E-state index in [1.807, 2.05) is 18.2 Å². The van der Waals surface area contributed by atoms with Gasteiger partial charge in [-0.05, 0) is 74.3 Å². The van der Waals surface area contributed by atoms with Crippen LogP contribution in [0.15, 0.2) is 59.6 Å². The van der Waals surface area contributed by atoms with Crippen LogP contribution in [0.25, 0.3) is 0 Å². The van der Waals surface area contributed by atoms with Crippen LogP contribution in [0, 0.1) is 5.92 Å². The molecule has 0 spiro atoms. The van der Waals surface area contributed by atoms with Crippen molar-refractivity contribution < 1.29 is 4.74 Å². The lowest BCUT2D eigenvalue weighted by Gasteiger charge is -2.46. The minimum atomic E-state index is 0.172. The summed E-state index contributed by atoms with van der Waals surface area (Å²) >= 11 is 0. The van der Waals surface area contributed by atoms with Crippen molar-refractivity contribution in [1.82, 2.24) is 4.90 Å². The average Bonchev–Trinajstić information content (AvgIpc) is 2.89. The van der Waals surface area contributed by atoms with Gasteiger partial charge in [-0.25, -0.2) is 4.99 Å². The summed E-state index contributed by atoms with van der Waals surface area (Å²) in [6.07, 6.45) is 12.6. The first-order chi connectivity index (χ1) is 16.8. The number of aliphatic imine (C=N–C) groups is 1. The predicted octanol–water partition coefficient (Wildman–Crippen LogP) is 5.96. The molecule has 5 heteroatoms. The summed E-state index contributed by atoms with van der Waals surface area (Å²) < 4.78 is 5.99. The number of piperidine rings is 1. The number of fused-ring (bicyclic) bond motifs is 1. The molecule has 2 saturated carbocycles. The maximum atomic E-state index is 6.51. The van der Waals surface area contributed by atoms with Crippen molar-refractivity contribution in [2.75, 3.05) is 11.9 Å². The number of likely N-dealkylation sites (tertiary alicyclic amines) is 1. The van der Waals surface area contributed by atoms with E-state index in [1.54, 1.807) is 0 Å². The van der Waals surface area contributed by atoms with Gasteiger partial charge in [-0.1, -0.05) is 56.0 Å². The Morgan fingerprint density at radius 2 is 1.62 bits per heavy atom. The molecule has 2 aromatic rings. The van der Waals surface area contributed by atoms with Gasteiger partial charge in [-0.3, -0.25) is 0 Å². The number of anilines is 1. The van der Waals surface area contributed by atoms with E-state index in [2.05, 4.69) is 46.6 Å². The Bertz CT molecular complexity index is 927. The number of hydrogen-bond acceptors (Lipinski definition) is 3. The fraction of sp³-hybridized carbons (Fsp3) is 0.552. The average molecular weight is 461 g/mol. The molecule has 2 unspecified atom stereocenters. The number of ether oxygens (including phenoxy) is 1. The van der Waals surface area contributed by atoms with E-state index in [1.165, 1.54) is 56.9 Å². The first kappa shape index (κ1) is 23.2. The summed E-state index contributed by atoms with van der Waals surface area (Å²) in [5, 5.41) is 3.72. The molecule has 2 aliphatic carbocycles. The number of benzene rings is 2. The van der Waals surface area contributed by atoms with Crippen LogP contribution >= 0.6 is 0 Å². The summed E-state index contributed by atoms with van der Waals surface area (Å²) in [4.78, 5) is 7.89. The van der Waals surface area contributed by atoms with Gasteiger partial charge in [0.1, 0.15) is 12.4 Å². The highest BCUT2D eigenvalue weighted by Crippen LogP contribution is 2.36. The first-order valence-electron chi connectivity index (χ1n) is 13.4. The van der Waals surface area contributed by atoms with Crippen LogP contribution in [0.4, 0.5) is 5.69 Å². The van der Waals surface area contributed by atoms with Gasteiger partial charge < -0.3 is 20.7 Å². The molecule has 0 aromatic heterocycles. The van der Waals surface area contributed by atoms with E-state index in [4.69, 9.17) is 15.5 Å². The van der Waals surface area contributed by atoms with Gasteiger partial charge in [0.2, 0.25) is 0 Å². The summed E-state index contributed by atoms with van der Waals surface area (Å²) in [6, 6.07) is 19.6.